The van der Waals surface area contributed by atoms with Crippen molar-refractivity contribution in [1.29, 1.82) is 0 Å². The Bertz CT molecular complexity index is 1090. The van der Waals surface area contributed by atoms with Crippen LogP contribution in [0.15, 0.2) is 47.5 Å². The molecule has 7 rings (SSSR count). The lowest BCUT2D eigenvalue weighted by atomic mass is 9.75. The largest absolute Gasteiger partial charge is 0.473 e. The minimum Gasteiger partial charge on any atom is -0.473 e. The molecule has 3 saturated heterocycles. The molecule has 1 aromatic carbocycles. The molecular formula is C22H23N5O2S. The van der Waals surface area contributed by atoms with Crippen molar-refractivity contribution >= 4 is 32.8 Å². The Kier molecular flexibility index (Phi) is 4.35. The SMILES string of the molecule is c1ccc(COc2ccc3nc(NC4=NCC5(CN6CCC5CC6)O4)sc3n2)cc1. The fraction of sp³-hybridized carbons (Fsp3) is 0.409. The molecule has 4 aliphatic heterocycles. The summed E-state index contributed by atoms with van der Waals surface area (Å²) in [5.41, 5.74) is 1.81. The van der Waals surface area contributed by atoms with Gasteiger partial charge in [0.15, 0.2) is 5.13 Å². The molecule has 2 bridgehead atoms. The lowest BCUT2D eigenvalue weighted by Gasteiger charge is -2.50. The zero-order valence-corrected chi connectivity index (χ0v) is 17.4. The molecule has 4 aliphatic rings. The van der Waals surface area contributed by atoms with Gasteiger partial charge in [0, 0.05) is 18.5 Å². The Labute approximate surface area is 178 Å². The lowest BCUT2D eigenvalue weighted by Crippen LogP contribution is -2.61. The fourth-order valence-corrected chi connectivity index (χ4v) is 5.52. The summed E-state index contributed by atoms with van der Waals surface area (Å²) in [6.07, 6.45) is 2.42. The average molecular weight is 422 g/mol. The second-order valence-corrected chi connectivity index (χ2v) is 9.21. The Morgan fingerprint density at radius 1 is 1.13 bits per heavy atom. The second-order valence-electron chi connectivity index (χ2n) is 8.23. The summed E-state index contributed by atoms with van der Waals surface area (Å²) in [6, 6.07) is 14.5. The molecule has 0 saturated carbocycles. The molecule has 1 N–H and O–H groups in total. The Morgan fingerprint density at radius 2 is 2.00 bits per heavy atom. The molecule has 1 atom stereocenters. The van der Waals surface area contributed by atoms with E-state index in [0.717, 1.165) is 34.1 Å². The summed E-state index contributed by atoms with van der Waals surface area (Å²) in [5, 5.41) is 4.02. The Hall–Kier alpha value is -2.71. The maximum absolute atomic E-state index is 6.35. The van der Waals surface area contributed by atoms with Gasteiger partial charge in [0.2, 0.25) is 5.88 Å². The molecular weight excluding hydrogens is 398 g/mol. The number of hydrogen-bond donors (Lipinski definition) is 1. The van der Waals surface area contributed by atoms with Gasteiger partial charge >= 0.3 is 0 Å². The van der Waals surface area contributed by atoms with E-state index in [2.05, 4.69) is 25.2 Å². The molecule has 1 unspecified atom stereocenters. The smallest absolute Gasteiger partial charge is 0.291 e. The third kappa shape index (κ3) is 3.30. The Balaban J connectivity index is 1.13. The van der Waals surface area contributed by atoms with E-state index in [4.69, 9.17) is 9.47 Å². The van der Waals surface area contributed by atoms with Crippen LogP contribution in [0.4, 0.5) is 5.13 Å². The zero-order valence-electron chi connectivity index (χ0n) is 16.6. The van der Waals surface area contributed by atoms with Crippen LogP contribution in [0.2, 0.25) is 0 Å². The van der Waals surface area contributed by atoms with Gasteiger partial charge in [-0.3, -0.25) is 10.2 Å². The van der Waals surface area contributed by atoms with Crippen LogP contribution in [0.25, 0.3) is 10.3 Å². The molecule has 3 fully saturated rings. The number of benzene rings is 1. The number of amidine groups is 1. The molecule has 7 nitrogen and oxygen atoms in total. The highest BCUT2D eigenvalue weighted by Crippen LogP contribution is 2.41. The van der Waals surface area contributed by atoms with Gasteiger partial charge in [0.1, 0.15) is 22.6 Å². The number of hydrogen-bond acceptors (Lipinski definition) is 8. The van der Waals surface area contributed by atoms with Crippen molar-refractivity contribution in [2.24, 2.45) is 10.9 Å². The third-order valence-electron chi connectivity index (χ3n) is 6.29. The van der Waals surface area contributed by atoms with Gasteiger partial charge < -0.3 is 9.47 Å². The molecule has 6 heterocycles. The number of nitrogens with one attached hydrogen (secondary N) is 1. The van der Waals surface area contributed by atoms with Gasteiger partial charge in [-0.25, -0.2) is 15.0 Å². The van der Waals surface area contributed by atoms with Crippen LogP contribution in [0.5, 0.6) is 5.88 Å². The van der Waals surface area contributed by atoms with Crippen molar-refractivity contribution in [3.05, 3.63) is 48.0 Å². The van der Waals surface area contributed by atoms with Crippen LogP contribution < -0.4 is 10.1 Å². The summed E-state index contributed by atoms with van der Waals surface area (Å²) in [6.45, 7) is 4.59. The first-order chi connectivity index (χ1) is 14.8. The lowest BCUT2D eigenvalue weighted by molar-refractivity contribution is -0.0829. The topological polar surface area (TPSA) is 71.9 Å². The summed E-state index contributed by atoms with van der Waals surface area (Å²) in [5.74, 6) is 1.20. The van der Waals surface area contributed by atoms with E-state index in [0.29, 0.717) is 24.4 Å². The molecule has 3 aromatic rings. The van der Waals surface area contributed by atoms with Crippen molar-refractivity contribution in [2.75, 3.05) is 31.5 Å². The highest BCUT2D eigenvalue weighted by atomic mass is 32.1. The van der Waals surface area contributed by atoms with E-state index in [1.165, 1.54) is 37.3 Å². The third-order valence-corrected chi connectivity index (χ3v) is 7.17. The molecule has 30 heavy (non-hydrogen) atoms. The number of fused-ring (bicyclic) bond motifs is 3. The number of nitrogens with zero attached hydrogens (tertiary/aromatic N) is 4. The first kappa shape index (κ1) is 18.1. The standard InChI is InChI=1S/C22H23N5O2S/c1-2-4-15(5-3-1)12-28-18-7-6-17-19(25-18)30-21(24-17)26-20-23-13-22(29-20)14-27-10-8-16(22)9-11-27/h1-7,16H,8-14H2,(H,23,24,26). The number of thiazole rings is 1. The predicted octanol–water partition coefficient (Wildman–Crippen LogP) is 3.53. The zero-order chi connectivity index (χ0) is 20.0. The maximum Gasteiger partial charge on any atom is 0.291 e. The van der Waals surface area contributed by atoms with Crippen LogP contribution >= 0.6 is 11.3 Å². The highest BCUT2D eigenvalue weighted by Gasteiger charge is 2.51. The molecule has 0 radical (unpaired) electrons. The quantitative estimate of drug-likeness (QED) is 0.695. The normalized spacial score (nSPS) is 27.3. The van der Waals surface area contributed by atoms with Crippen LogP contribution in [0, 0.1) is 5.92 Å². The number of rotatable bonds is 4. The van der Waals surface area contributed by atoms with Crippen molar-refractivity contribution in [3.63, 3.8) is 0 Å². The monoisotopic (exact) mass is 421 g/mol. The van der Waals surface area contributed by atoms with E-state index in [1.807, 2.05) is 42.5 Å². The molecule has 0 amide bonds. The fourth-order valence-electron chi connectivity index (χ4n) is 4.70. The van der Waals surface area contributed by atoms with E-state index in [1.54, 1.807) is 0 Å². The number of ether oxygens (including phenoxy) is 2. The van der Waals surface area contributed by atoms with Crippen LogP contribution in [0.3, 0.4) is 0 Å². The summed E-state index contributed by atoms with van der Waals surface area (Å²) in [7, 11) is 0. The van der Waals surface area contributed by atoms with Gasteiger partial charge in [0.25, 0.3) is 6.02 Å². The first-order valence-electron chi connectivity index (χ1n) is 10.4. The molecule has 8 heteroatoms. The number of aliphatic imine (C=N–C) groups is 1. The second kappa shape index (κ2) is 7.21. The predicted molar refractivity (Wildman–Crippen MR) is 117 cm³/mol. The molecule has 1 spiro atoms. The van der Waals surface area contributed by atoms with E-state index >= 15 is 0 Å². The summed E-state index contributed by atoms with van der Waals surface area (Å²) >= 11 is 1.49. The van der Waals surface area contributed by atoms with Crippen molar-refractivity contribution < 1.29 is 9.47 Å². The summed E-state index contributed by atoms with van der Waals surface area (Å²) in [4.78, 5) is 17.2. The number of piperidine rings is 3. The van der Waals surface area contributed by atoms with Gasteiger partial charge in [-0.15, -0.1) is 0 Å². The van der Waals surface area contributed by atoms with Crippen LogP contribution in [-0.2, 0) is 11.3 Å². The number of pyridine rings is 1. The van der Waals surface area contributed by atoms with E-state index < -0.39 is 0 Å². The van der Waals surface area contributed by atoms with E-state index in [9.17, 15) is 0 Å². The van der Waals surface area contributed by atoms with Crippen LogP contribution in [-0.4, -0.2) is 52.7 Å². The summed E-state index contributed by atoms with van der Waals surface area (Å²) < 4.78 is 12.2. The van der Waals surface area contributed by atoms with E-state index in [-0.39, 0.29) is 5.60 Å². The first-order valence-corrected chi connectivity index (χ1v) is 11.2. The Morgan fingerprint density at radius 3 is 2.80 bits per heavy atom. The number of anilines is 1. The minimum atomic E-state index is -0.147. The number of aromatic nitrogens is 2. The van der Waals surface area contributed by atoms with Crippen LogP contribution in [0.1, 0.15) is 18.4 Å². The van der Waals surface area contributed by atoms with Gasteiger partial charge in [-0.2, -0.15) is 0 Å². The highest BCUT2D eigenvalue weighted by molar-refractivity contribution is 7.21. The average Bonchev–Trinajstić information content (AvgIpc) is 3.37. The van der Waals surface area contributed by atoms with Crippen molar-refractivity contribution in [2.45, 2.75) is 25.0 Å². The van der Waals surface area contributed by atoms with Crippen molar-refractivity contribution in [1.82, 2.24) is 14.9 Å². The maximum atomic E-state index is 6.35. The van der Waals surface area contributed by atoms with Crippen molar-refractivity contribution in [3.8, 4) is 5.88 Å². The minimum absolute atomic E-state index is 0.147. The molecule has 2 aromatic heterocycles. The van der Waals surface area contributed by atoms with Gasteiger partial charge in [0.05, 0.1) is 6.54 Å². The molecule has 154 valence electrons. The van der Waals surface area contributed by atoms with Gasteiger partial charge in [-0.05, 0) is 37.6 Å². The molecule has 0 aliphatic carbocycles. The van der Waals surface area contributed by atoms with Gasteiger partial charge in [-0.1, -0.05) is 41.7 Å².